The van der Waals surface area contributed by atoms with Gasteiger partial charge >= 0.3 is 0 Å². The summed E-state index contributed by atoms with van der Waals surface area (Å²) in [5, 5.41) is 3.05. The van der Waals surface area contributed by atoms with Gasteiger partial charge in [0.1, 0.15) is 0 Å². The smallest absolute Gasteiger partial charge is 0.0800 e. The maximum absolute atomic E-state index is 6.49. The van der Waals surface area contributed by atoms with Crippen LogP contribution in [0.25, 0.3) is 21.5 Å². The molecule has 23 heavy (non-hydrogen) atoms. The SMILES string of the molecule is Clc1c(Cl)c(Cl)c2c(Cl)c3c(Cl)c(Cl)c(Cl)c(Cl)c3cc2c1Cl. The number of rotatable bonds is 0. The van der Waals surface area contributed by atoms with Gasteiger partial charge in [-0.2, -0.15) is 0 Å². The van der Waals surface area contributed by atoms with Gasteiger partial charge in [-0.15, -0.1) is 0 Å². The van der Waals surface area contributed by atoms with Crippen molar-refractivity contribution >= 4 is 126 Å². The lowest BCUT2D eigenvalue weighted by molar-refractivity contribution is 1.74. The Bertz CT molecular complexity index is 929. The minimum atomic E-state index is 0.0920. The Morgan fingerprint density at radius 2 is 0.652 bits per heavy atom. The van der Waals surface area contributed by atoms with Crippen molar-refractivity contribution < 1.29 is 0 Å². The molecule has 3 aromatic carbocycles. The number of fused-ring (bicyclic) bond motifs is 2. The second kappa shape index (κ2) is 6.50. The third-order valence-corrected chi connectivity index (χ3v) is 7.35. The number of hydrogen-bond acceptors (Lipinski definition) is 0. The molecule has 120 valence electrons. The first kappa shape index (κ1) is 18.6. The molecular formula is C14HCl9. The van der Waals surface area contributed by atoms with Crippen molar-refractivity contribution in [3.05, 3.63) is 51.3 Å². The molecule has 9 heteroatoms. The van der Waals surface area contributed by atoms with Crippen molar-refractivity contribution in [2.24, 2.45) is 0 Å². The lowest BCUT2D eigenvalue weighted by Crippen LogP contribution is -1.88. The van der Waals surface area contributed by atoms with Crippen LogP contribution in [0, 0.1) is 0 Å². The molecule has 3 aromatic rings. The predicted molar refractivity (Wildman–Crippen MR) is 107 cm³/mol. The lowest BCUT2D eigenvalue weighted by Gasteiger charge is -2.15. The second-order valence-corrected chi connectivity index (χ2v) is 7.95. The molecule has 0 heterocycles. The molecule has 0 aliphatic heterocycles. The molecule has 0 amide bonds. The van der Waals surface area contributed by atoms with E-state index in [0.717, 1.165) is 0 Å². The van der Waals surface area contributed by atoms with E-state index < -0.39 is 0 Å². The minimum Gasteiger partial charge on any atom is -0.0829 e. The average molecular weight is 488 g/mol. The summed E-state index contributed by atoms with van der Waals surface area (Å²) in [7, 11) is 0. The number of hydrogen-bond donors (Lipinski definition) is 0. The summed E-state index contributed by atoms with van der Waals surface area (Å²) in [6, 6.07) is 1.64. The second-order valence-electron chi connectivity index (χ2n) is 4.55. The van der Waals surface area contributed by atoms with Crippen LogP contribution >= 0.6 is 104 Å². The summed E-state index contributed by atoms with van der Waals surface area (Å²) in [5.41, 5.74) is 0. The van der Waals surface area contributed by atoms with Gasteiger partial charge in [0, 0.05) is 21.5 Å². The Hall–Kier alpha value is 0.790. The first-order valence-corrected chi connectivity index (χ1v) is 9.18. The van der Waals surface area contributed by atoms with Crippen molar-refractivity contribution in [3.8, 4) is 0 Å². The van der Waals surface area contributed by atoms with Gasteiger partial charge in [0.25, 0.3) is 0 Å². The molecule has 0 atom stereocenters. The third-order valence-electron chi connectivity index (χ3n) is 3.33. The van der Waals surface area contributed by atoms with Crippen molar-refractivity contribution in [2.45, 2.75) is 0 Å². The molecule has 0 nitrogen and oxygen atoms in total. The molecule has 0 fully saturated rings. The van der Waals surface area contributed by atoms with E-state index in [1.165, 1.54) is 0 Å². The van der Waals surface area contributed by atoms with Gasteiger partial charge in [-0.3, -0.25) is 0 Å². The Kier molecular flexibility index (Phi) is 5.25. The van der Waals surface area contributed by atoms with Crippen LogP contribution in [0.3, 0.4) is 0 Å². The molecule has 0 aliphatic rings. The normalized spacial score (nSPS) is 11.7. The molecule has 0 aromatic heterocycles. The van der Waals surface area contributed by atoms with Crippen LogP contribution in [0.5, 0.6) is 0 Å². The van der Waals surface area contributed by atoms with Gasteiger partial charge in [0.2, 0.25) is 0 Å². The highest BCUT2D eigenvalue weighted by Crippen LogP contribution is 2.52. The van der Waals surface area contributed by atoms with Crippen LogP contribution in [0.1, 0.15) is 0 Å². The average Bonchev–Trinajstić information content (AvgIpc) is 2.53. The standard InChI is InChI=1S/C14HCl9/c15-6-2-1-3-5(10(19)14(23)12(21)7(3)16)8(17)4(2)9(18)13(22)11(6)20/h1H. The van der Waals surface area contributed by atoms with E-state index in [-0.39, 0.29) is 45.2 Å². The minimum absolute atomic E-state index is 0.0920. The van der Waals surface area contributed by atoms with Crippen molar-refractivity contribution in [1.29, 1.82) is 0 Å². The Morgan fingerprint density at radius 3 is 1.00 bits per heavy atom. The van der Waals surface area contributed by atoms with E-state index in [9.17, 15) is 0 Å². The Labute approximate surface area is 176 Å². The van der Waals surface area contributed by atoms with Gasteiger partial charge in [-0.05, 0) is 6.07 Å². The third kappa shape index (κ3) is 2.67. The van der Waals surface area contributed by atoms with E-state index >= 15 is 0 Å². The van der Waals surface area contributed by atoms with Crippen LogP contribution in [0.15, 0.2) is 6.07 Å². The van der Waals surface area contributed by atoms with Crippen LogP contribution < -0.4 is 0 Å². The van der Waals surface area contributed by atoms with Crippen LogP contribution in [-0.4, -0.2) is 0 Å². The van der Waals surface area contributed by atoms with Crippen LogP contribution in [0.2, 0.25) is 45.2 Å². The summed E-state index contributed by atoms with van der Waals surface area (Å²) in [5.74, 6) is 0. The van der Waals surface area contributed by atoms with E-state index in [1.807, 2.05) is 0 Å². The monoisotopic (exact) mass is 484 g/mol. The molecule has 0 saturated carbocycles. The quantitative estimate of drug-likeness (QED) is 0.168. The molecular weight excluding hydrogens is 487 g/mol. The maximum Gasteiger partial charge on any atom is 0.0800 e. The molecule has 0 spiro atoms. The molecule has 0 radical (unpaired) electrons. The fraction of sp³-hybridized carbons (Fsp3) is 0. The largest absolute Gasteiger partial charge is 0.0829 e. The van der Waals surface area contributed by atoms with Gasteiger partial charge in [-0.25, -0.2) is 0 Å². The number of benzene rings is 3. The van der Waals surface area contributed by atoms with E-state index in [4.69, 9.17) is 104 Å². The zero-order valence-electron chi connectivity index (χ0n) is 10.5. The fourth-order valence-electron chi connectivity index (χ4n) is 2.27. The van der Waals surface area contributed by atoms with Crippen LogP contribution in [-0.2, 0) is 0 Å². The topological polar surface area (TPSA) is 0 Å². The lowest BCUT2D eigenvalue weighted by atomic mass is 10.0. The Balaban J connectivity index is 2.73. The summed E-state index contributed by atoms with van der Waals surface area (Å²) in [6.07, 6.45) is 0. The molecule has 0 unspecified atom stereocenters. The molecule has 3 rings (SSSR count). The fourth-order valence-corrected chi connectivity index (χ4v) is 4.79. The van der Waals surface area contributed by atoms with Gasteiger partial charge in [-0.1, -0.05) is 104 Å². The highest BCUT2D eigenvalue weighted by Gasteiger charge is 2.23. The molecule has 0 bridgehead atoms. The zero-order valence-corrected chi connectivity index (χ0v) is 17.3. The molecule has 0 saturated heterocycles. The van der Waals surface area contributed by atoms with Crippen LogP contribution in [0.4, 0.5) is 0 Å². The van der Waals surface area contributed by atoms with E-state index in [2.05, 4.69) is 0 Å². The maximum atomic E-state index is 6.49. The van der Waals surface area contributed by atoms with Crippen molar-refractivity contribution in [1.82, 2.24) is 0 Å². The van der Waals surface area contributed by atoms with E-state index in [1.54, 1.807) is 6.07 Å². The number of halogens is 9. The summed E-state index contributed by atoms with van der Waals surface area (Å²) in [6.45, 7) is 0. The van der Waals surface area contributed by atoms with Crippen molar-refractivity contribution in [3.63, 3.8) is 0 Å². The molecule has 0 N–H and O–H groups in total. The first-order valence-electron chi connectivity index (χ1n) is 5.78. The zero-order chi connectivity index (χ0) is 17.2. The van der Waals surface area contributed by atoms with Gasteiger partial charge in [0.15, 0.2) is 0 Å². The highest BCUT2D eigenvalue weighted by atomic mass is 35.5. The summed E-state index contributed by atoms with van der Waals surface area (Å²) in [4.78, 5) is 0. The highest BCUT2D eigenvalue weighted by molar-refractivity contribution is 6.60. The first-order chi connectivity index (χ1) is 10.7. The predicted octanol–water partition coefficient (Wildman–Crippen LogP) is 9.87. The summed E-state index contributed by atoms with van der Waals surface area (Å²) < 4.78 is 0. The summed E-state index contributed by atoms with van der Waals surface area (Å²) >= 11 is 56.0. The Morgan fingerprint density at radius 1 is 0.348 bits per heavy atom. The molecule has 0 aliphatic carbocycles. The van der Waals surface area contributed by atoms with Crippen molar-refractivity contribution in [2.75, 3.05) is 0 Å². The van der Waals surface area contributed by atoms with Gasteiger partial charge in [0.05, 0.1) is 45.2 Å². The van der Waals surface area contributed by atoms with Gasteiger partial charge < -0.3 is 0 Å². The van der Waals surface area contributed by atoms with E-state index in [0.29, 0.717) is 21.5 Å².